The maximum absolute atomic E-state index is 11.8. The topological polar surface area (TPSA) is 96.0 Å². The molecule has 0 saturated heterocycles. The second-order valence-electron chi connectivity index (χ2n) is 4.00. The Bertz CT molecular complexity index is 508. The molecule has 0 aliphatic carbocycles. The van der Waals surface area contributed by atoms with Crippen LogP contribution in [0.4, 0.5) is 0 Å². The number of nitrogens with one attached hydrogen (secondary N) is 1. The van der Waals surface area contributed by atoms with Crippen molar-refractivity contribution in [3.63, 3.8) is 0 Å². The van der Waals surface area contributed by atoms with Gasteiger partial charge in [0.15, 0.2) is 15.7 Å². The molecule has 0 bridgehead atoms. The average molecular weight is 260 g/mol. The summed E-state index contributed by atoms with van der Waals surface area (Å²) in [7, 11) is -1.85. The van der Waals surface area contributed by atoms with Gasteiger partial charge in [-0.2, -0.15) is 5.10 Å². The Morgan fingerprint density at radius 3 is 2.53 bits per heavy atom. The molecule has 0 radical (unpaired) electrons. The fraction of sp³-hybridized carbons (Fsp3) is 0.667. The summed E-state index contributed by atoms with van der Waals surface area (Å²) in [5.41, 5.74) is 0. The van der Waals surface area contributed by atoms with Gasteiger partial charge in [-0.15, -0.1) is 0 Å². The van der Waals surface area contributed by atoms with E-state index < -0.39 is 21.0 Å². The Kier molecular flexibility index (Phi) is 3.87. The summed E-state index contributed by atoms with van der Waals surface area (Å²) < 4.78 is 22.5. The largest absolute Gasteiger partial charge is 0.337 e. The molecule has 0 spiro atoms. The van der Waals surface area contributed by atoms with Crippen LogP contribution < -0.4 is 0 Å². The first-order chi connectivity index (χ1) is 7.71. The van der Waals surface area contributed by atoms with Crippen molar-refractivity contribution in [3.8, 4) is 0 Å². The Hall–Kier alpha value is -1.44. The predicted octanol–water partition coefficient (Wildman–Crippen LogP) is -0.495. The first-order valence-electron chi connectivity index (χ1n) is 5.03. The minimum atomic E-state index is -3.37. The zero-order valence-electron chi connectivity index (χ0n) is 10.3. The molecule has 1 aromatic heterocycles. The van der Waals surface area contributed by atoms with E-state index in [9.17, 15) is 13.2 Å². The van der Waals surface area contributed by atoms with Gasteiger partial charge in [-0.05, 0) is 13.8 Å². The highest BCUT2D eigenvalue weighted by molar-refractivity contribution is 7.92. The number of carbonyl (C=O) groups is 1. The monoisotopic (exact) mass is 260 g/mol. The van der Waals surface area contributed by atoms with Crippen LogP contribution in [-0.4, -0.2) is 53.0 Å². The standard InChI is InChI=1S/C9H16N4O3S/c1-6(17(4,15)16)9(14)13(3)5-8-10-7(2)11-12-8/h6H,5H2,1-4H3,(H,10,11,12). The molecule has 7 nitrogen and oxygen atoms in total. The van der Waals surface area contributed by atoms with Gasteiger partial charge in [0.2, 0.25) is 5.91 Å². The van der Waals surface area contributed by atoms with Gasteiger partial charge >= 0.3 is 0 Å². The van der Waals surface area contributed by atoms with Crippen LogP contribution in [0.15, 0.2) is 0 Å². The molecule has 0 aromatic carbocycles. The SMILES string of the molecule is Cc1nc(CN(C)C(=O)C(C)S(C)(=O)=O)n[nH]1. The third-order valence-corrected chi connectivity index (χ3v) is 3.87. The maximum Gasteiger partial charge on any atom is 0.240 e. The number of H-pyrrole nitrogens is 1. The van der Waals surface area contributed by atoms with E-state index in [1.165, 1.54) is 18.9 Å². The molecule has 1 amide bonds. The molecule has 1 rings (SSSR count). The van der Waals surface area contributed by atoms with Crippen molar-refractivity contribution in [1.82, 2.24) is 20.1 Å². The first kappa shape index (κ1) is 13.6. The van der Waals surface area contributed by atoms with E-state index in [0.717, 1.165) is 6.26 Å². The lowest BCUT2D eigenvalue weighted by molar-refractivity contribution is -0.129. The van der Waals surface area contributed by atoms with Crippen LogP contribution in [0.2, 0.25) is 0 Å². The number of hydrogen-bond acceptors (Lipinski definition) is 5. The summed E-state index contributed by atoms with van der Waals surface area (Å²) in [6, 6.07) is 0. The van der Waals surface area contributed by atoms with Crippen molar-refractivity contribution in [2.45, 2.75) is 25.6 Å². The molecule has 8 heteroatoms. The van der Waals surface area contributed by atoms with Gasteiger partial charge in [-0.1, -0.05) is 0 Å². The van der Waals surface area contributed by atoms with E-state index in [0.29, 0.717) is 11.6 Å². The van der Waals surface area contributed by atoms with Gasteiger partial charge in [0, 0.05) is 13.3 Å². The summed E-state index contributed by atoms with van der Waals surface area (Å²) in [4.78, 5) is 17.1. The maximum atomic E-state index is 11.8. The summed E-state index contributed by atoms with van der Waals surface area (Å²) in [5, 5.41) is 5.49. The second-order valence-corrected chi connectivity index (χ2v) is 6.37. The van der Waals surface area contributed by atoms with Crippen LogP contribution in [0, 0.1) is 6.92 Å². The highest BCUT2D eigenvalue weighted by atomic mass is 32.2. The molecule has 0 saturated carbocycles. The van der Waals surface area contributed by atoms with Gasteiger partial charge in [-0.25, -0.2) is 13.4 Å². The number of aromatic nitrogens is 3. The van der Waals surface area contributed by atoms with Crippen molar-refractivity contribution in [1.29, 1.82) is 0 Å². The Balaban J connectivity index is 2.71. The van der Waals surface area contributed by atoms with Crippen molar-refractivity contribution in [3.05, 3.63) is 11.6 Å². The molecule has 1 aromatic rings. The lowest BCUT2D eigenvalue weighted by Crippen LogP contribution is -2.38. The van der Waals surface area contributed by atoms with E-state index >= 15 is 0 Å². The number of rotatable bonds is 4. The molecule has 1 heterocycles. The molecule has 1 N–H and O–H groups in total. The molecule has 0 aliphatic rings. The molecular formula is C9H16N4O3S. The summed E-state index contributed by atoms with van der Waals surface area (Å²) in [6.07, 6.45) is 1.04. The number of nitrogens with zero attached hydrogens (tertiary/aromatic N) is 3. The van der Waals surface area contributed by atoms with Gasteiger partial charge in [0.1, 0.15) is 11.1 Å². The normalized spacial score (nSPS) is 13.4. The van der Waals surface area contributed by atoms with E-state index in [1.54, 1.807) is 6.92 Å². The highest BCUT2D eigenvalue weighted by Gasteiger charge is 2.26. The number of aromatic amines is 1. The molecule has 17 heavy (non-hydrogen) atoms. The Morgan fingerprint density at radius 2 is 2.12 bits per heavy atom. The van der Waals surface area contributed by atoms with E-state index in [1.807, 2.05) is 0 Å². The van der Waals surface area contributed by atoms with Crippen molar-refractivity contribution < 1.29 is 13.2 Å². The average Bonchev–Trinajstić information content (AvgIpc) is 2.60. The molecular weight excluding hydrogens is 244 g/mol. The van der Waals surface area contributed by atoms with Crippen LogP contribution in [0.5, 0.6) is 0 Å². The quantitative estimate of drug-likeness (QED) is 0.787. The van der Waals surface area contributed by atoms with Gasteiger partial charge in [0.25, 0.3) is 0 Å². The summed E-state index contributed by atoms with van der Waals surface area (Å²) in [6.45, 7) is 3.30. The van der Waals surface area contributed by atoms with Crippen LogP contribution in [0.3, 0.4) is 0 Å². The summed E-state index contributed by atoms with van der Waals surface area (Å²) in [5.74, 6) is 0.644. The zero-order valence-corrected chi connectivity index (χ0v) is 11.1. The van der Waals surface area contributed by atoms with Gasteiger partial charge in [0.05, 0.1) is 6.54 Å². The van der Waals surface area contributed by atoms with Gasteiger partial charge < -0.3 is 4.90 Å². The predicted molar refractivity (Wildman–Crippen MR) is 61.9 cm³/mol. The zero-order chi connectivity index (χ0) is 13.2. The summed E-state index contributed by atoms with van der Waals surface area (Å²) >= 11 is 0. The third-order valence-electron chi connectivity index (χ3n) is 2.39. The third kappa shape index (κ3) is 3.52. The number of sulfone groups is 1. The first-order valence-corrected chi connectivity index (χ1v) is 6.99. The molecule has 0 aliphatic heterocycles. The fourth-order valence-corrected chi connectivity index (χ4v) is 1.79. The number of hydrogen-bond donors (Lipinski definition) is 1. The Morgan fingerprint density at radius 1 is 1.53 bits per heavy atom. The minimum absolute atomic E-state index is 0.184. The van der Waals surface area contributed by atoms with E-state index in [-0.39, 0.29) is 6.54 Å². The number of aryl methyl sites for hydroxylation is 1. The lowest BCUT2D eigenvalue weighted by atomic mass is 10.4. The van der Waals surface area contributed by atoms with E-state index in [2.05, 4.69) is 15.2 Å². The van der Waals surface area contributed by atoms with Crippen molar-refractivity contribution >= 4 is 15.7 Å². The minimum Gasteiger partial charge on any atom is -0.337 e. The highest BCUT2D eigenvalue weighted by Crippen LogP contribution is 2.05. The van der Waals surface area contributed by atoms with Crippen LogP contribution in [0.25, 0.3) is 0 Å². The van der Waals surface area contributed by atoms with Crippen molar-refractivity contribution in [2.24, 2.45) is 0 Å². The molecule has 96 valence electrons. The molecule has 1 atom stereocenters. The van der Waals surface area contributed by atoms with Crippen LogP contribution in [-0.2, 0) is 21.2 Å². The van der Waals surface area contributed by atoms with E-state index in [4.69, 9.17) is 0 Å². The number of carbonyl (C=O) groups excluding carboxylic acids is 1. The van der Waals surface area contributed by atoms with Crippen LogP contribution >= 0.6 is 0 Å². The molecule has 0 fully saturated rings. The number of amides is 1. The Labute approximate surface area is 100 Å². The van der Waals surface area contributed by atoms with Crippen molar-refractivity contribution in [2.75, 3.05) is 13.3 Å². The second kappa shape index (κ2) is 4.82. The van der Waals surface area contributed by atoms with Crippen LogP contribution in [0.1, 0.15) is 18.6 Å². The molecule has 1 unspecified atom stereocenters. The fourth-order valence-electron chi connectivity index (χ4n) is 1.24. The lowest BCUT2D eigenvalue weighted by Gasteiger charge is -2.18. The smallest absolute Gasteiger partial charge is 0.240 e. The van der Waals surface area contributed by atoms with Gasteiger partial charge in [-0.3, -0.25) is 9.89 Å².